The largest absolute Gasteiger partial charge is 0.474 e. The first-order valence-corrected chi connectivity index (χ1v) is 6.07. The molecule has 5 heteroatoms. The van der Waals surface area contributed by atoms with Gasteiger partial charge in [-0.05, 0) is 6.92 Å². The second kappa shape index (κ2) is 9.18. The van der Waals surface area contributed by atoms with Crippen LogP contribution in [0.4, 0.5) is 0 Å². The van der Waals surface area contributed by atoms with Crippen molar-refractivity contribution in [3.8, 4) is 0 Å². The van der Waals surface area contributed by atoms with Crippen LogP contribution in [-0.4, -0.2) is 42.6 Å². The van der Waals surface area contributed by atoms with Crippen LogP contribution < -0.4 is 0 Å². The van der Waals surface area contributed by atoms with Crippen molar-refractivity contribution < 1.29 is 18.9 Å². The molecular formula is C12H24O4Si. The van der Waals surface area contributed by atoms with Gasteiger partial charge in [0.1, 0.15) is 5.22 Å². The summed E-state index contributed by atoms with van der Waals surface area (Å²) in [5, 5.41) is -0.503. The molecule has 0 bridgehead atoms. The summed E-state index contributed by atoms with van der Waals surface area (Å²) in [5.41, 5.74) is 0. The van der Waals surface area contributed by atoms with Gasteiger partial charge in [0.15, 0.2) is 5.79 Å². The Morgan fingerprint density at radius 1 is 0.941 bits per heavy atom. The summed E-state index contributed by atoms with van der Waals surface area (Å²) in [5.74, 6) is -0.740. The fraction of sp³-hybridized carbons (Fsp3) is 0.500. The Morgan fingerprint density at radius 3 is 1.41 bits per heavy atom. The molecule has 0 aliphatic rings. The predicted molar refractivity (Wildman–Crippen MR) is 73.8 cm³/mol. The van der Waals surface area contributed by atoms with Gasteiger partial charge < -0.3 is 18.9 Å². The van der Waals surface area contributed by atoms with Gasteiger partial charge >= 0.3 is 0 Å². The molecule has 0 N–H and O–H groups in total. The van der Waals surface area contributed by atoms with Crippen LogP contribution in [0.3, 0.4) is 0 Å². The molecule has 0 saturated carbocycles. The minimum absolute atomic E-state index is 0.503. The van der Waals surface area contributed by atoms with E-state index in [2.05, 4.69) is 24.5 Å². The lowest BCUT2D eigenvalue weighted by Gasteiger charge is -2.41. The second-order valence-corrected chi connectivity index (χ2v) is 4.82. The minimum Gasteiger partial charge on any atom is -0.474 e. The van der Waals surface area contributed by atoms with Gasteiger partial charge in [0, 0.05) is 21.3 Å². The molecular weight excluding hydrogens is 236 g/mol. The van der Waals surface area contributed by atoms with E-state index in [1.165, 1.54) is 12.5 Å². The van der Waals surface area contributed by atoms with Gasteiger partial charge in [-0.15, -0.1) is 6.58 Å². The highest BCUT2D eigenvalue weighted by Crippen LogP contribution is 2.27. The van der Waals surface area contributed by atoms with Crippen LogP contribution in [0.2, 0.25) is 0 Å². The third kappa shape index (κ3) is 5.32. The van der Waals surface area contributed by atoms with Crippen LogP contribution in [0.1, 0.15) is 6.92 Å². The molecule has 4 nitrogen and oxygen atoms in total. The van der Waals surface area contributed by atoms with E-state index in [-0.39, 0.29) is 0 Å². The maximum Gasteiger partial charge on any atom is 0.193 e. The van der Waals surface area contributed by atoms with Crippen molar-refractivity contribution in [2.24, 2.45) is 0 Å². The van der Waals surface area contributed by atoms with Gasteiger partial charge in [0.2, 0.25) is 0 Å². The SMILES string of the molecule is C=CC([SiH3])(OC)C(C)(OC)OC.C=COC=C. The Labute approximate surface area is 107 Å². The Balaban J connectivity index is 0. The van der Waals surface area contributed by atoms with Crippen molar-refractivity contribution in [1.29, 1.82) is 0 Å². The molecule has 0 spiro atoms. The summed E-state index contributed by atoms with van der Waals surface area (Å²) in [4.78, 5) is 0. The molecule has 100 valence electrons. The van der Waals surface area contributed by atoms with Gasteiger partial charge in [0.05, 0.1) is 22.8 Å². The lowest BCUT2D eigenvalue weighted by molar-refractivity contribution is -0.255. The van der Waals surface area contributed by atoms with Gasteiger partial charge in [-0.25, -0.2) is 0 Å². The topological polar surface area (TPSA) is 36.9 Å². The van der Waals surface area contributed by atoms with Crippen LogP contribution >= 0.6 is 0 Å². The summed E-state index contributed by atoms with van der Waals surface area (Å²) >= 11 is 0. The van der Waals surface area contributed by atoms with Crippen molar-refractivity contribution >= 4 is 10.2 Å². The van der Waals surface area contributed by atoms with Gasteiger partial charge in [0.25, 0.3) is 0 Å². The third-order valence-corrected chi connectivity index (χ3v) is 4.41. The highest BCUT2D eigenvalue weighted by molar-refractivity contribution is 6.16. The van der Waals surface area contributed by atoms with Gasteiger partial charge in [-0.3, -0.25) is 0 Å². The van der Waals surface area contributed by atoms with Crippen molar-refractivity contribution in [1.82, 2.24) is 0 Å². The maximum absolute atomic E-state index is 5.33. The zero-order valence-corrected chi connectivity index (χ0v) is 13.5. The molecule has 0 aliphatic carbocycles. The number of methoxy groups -OCH3 is 3. The van der Waals surface area contributed by atoms with Crippen molar-refractivity contribution in [3.63, 3.8) is 0 Å². The maximum atomic E-state index is 5.33. The van der Waals surface area contributed by atoms with Crippen LogP contribution in [0, 0.1) is 0 Å². The lowest BCUT2D eigenvalue weighted by Crippen LogP contribution is -2.55. The predicted octanol–water partition coefficient (Wildman–Crippen LogP) is 1.18. The average molecular weight is 260 g/mol. The first kappa shape index (κ1) is 18.5. The Bertz CT molecular complexity index is 233. The Kier molecular flexibility index (Phi) is 9.98. The van der Waals surface area contributed by atoms with Crippen LogP contribution in [-0.2, 0) is 18.9 Å². The highest BCUT2D eigenvalue weighted by Gasteiger charge is 2.43. The van der Waals surface area contributed by atoms with Crippen LogP contribution in [0.25, 0.3) is 0 Å². The molecule has 0 saturated heterocycles. The third-order valence-electron chi connectivity index (χ3n) is 2.69. The number of rotatable bonds is 7. The van der Waals surface area contributed by atoms with E-state index in [1.54, 1.807) is 27.4 Å². The van der Waals surface area contributed by atoms with E-state index in [4.69, 9.17) is 14.2 Å². The molecule has 0 heterocycles. The number of hydrogen-bond donors (Lipinski definition) is 0. The monoisotopic (exact) mass is 260 g/mol. The van der Waals surface area contributed by atoms with Gasteiger partial charge in [-0.1, -0.05) is 19.2 Å². The fourth-order valence-electron chi connectivity index (χ4n) is 1.01. The Morgan fingerprint density at radius 2 is 1.35 bits per heavy atom. The molecule has 17 heavy (non-hydrogen) atoms. The summed E-state index contributed by atoms with van der Waals surface area (Å²) in [6.07, 6.45) is 4.35. The quantitative estimate of drug-likeness (QED) is 0.298. The normalized spacial score (nSPS) is 13.9. The molecule has 0 radical (unpaired) electrons. The molecule has 0 rings (SSSR count). The Hall–Kier alpha value is -0.883. The van der Waals surface area contributed by atoms with E-state index < -0.39 is 11.0 Å². The van der Waals surface area contributed by atoms with Crippen LogP contribution in [0.15, 0.2) is 38.3 Å². The van der Waals surface area contributed by atoms with E-state index in [0.29, 0.717) is 0 Å². The zero-order valence-electron chi connectivity index (χ0n) is 11.5. The zero-order chi connectivity index (χ0) is 13.9. The lowest BCUT2D eigenvalue weighted by atomic mass is 10.1. The van der Waals surface area contributed by atoms with E-state index in [0.717, 1.165) is 10.2 Å². The average Bonchev–Trinajstić information content (AvgIpc) is 2.38. The highest BCUT2D eigenvalue weighted by atomic mass is 28.1. The van der Waals surface area contributed by atoms with Crippen molar-refractivity contribution in [3.05, 3.63) is 38.3 Å². The standard InChI is InChI=1S/C8H18O3Si.C4H6O/c1-6-8(12,11-5)7(2,9-3)10-4;1-3-5-4-2/h6H,1H2,2-5,12H3;3-4H,1-2H2. The van der Waals surface area contributed by atoms with E-state index in [1.807, 2.05) is 6.92 Å². The molecule has 0 aliphatic heterocycles. The van der Waals surface area contributed by atoms with Crippen molar-refractivity contribution in [2.45, 2.75) is 17.9 Å². The minimum atomic E-state index is -0.740. The molecule has 1 atom stereocenters. The summed E-state index contributed by atoms with van der Waals surface area (Å²) in [6, 6.07) is 0. The molecule has 1 unspecified atom stereocenters. The summed E-state index contributed by atoms with van der Waals surface area (Å²) in [6.45, 7) is 12.1. The van der Waals surface area contributed by atoms with E-state index in [9.17, 15) is 0 Å². The fourth-order valence-corrected chi connectivity index (χ4v) is 1.42. The van der Waals surface area contributed by atoms with Crippen molar-refractivity contribution in [2.75, 3.05) is 21.3 Å². The molecule has 0 fully saturated rings. The number of hydrogen-bond acceptors (Lipinski definition) is 4. The first-order valence-electron chi connectivity index (χ1n) is 5.07. The first-order chi connectivity index (χ1) is 7.91. The summed E-state index contributed by atoms with van der Waals surface area (Å²) in [7, 11) is 5.58. The van der Waals surface area contributed by atoms with E-state index >= 15 is 0 Å². The molecule has 0 amide bonds. The van der Waals surface area contributed by atoms with Gasteiger partial charge in [-0.2, -0.15) is 0 Å². The molecule has 0 aromatic rings. The second-order valence-electron chi connectivity index (χ2n) is 3.34. The summed E-state index contributed by atoms with van der Waals surface area (Å²) < 4.78 is 20.2. The van der Waals surface area contributed by atoms with Crippen LogP contribution in [0.5, 0.6) is 0 Å². The molecule has 0 aromatic carbocycles. The number of ether oxygens (including phenoxy) is 4. The smallest absolute Gasteiger partial charge is 0.193 e. The molecule has 0 aromatic heterocycles.